The van der Waals surface area contributed by atoms with E-state index in [-0.39, 0.29) is 36.3 Å². The fourth-order valence-electron chi connectivity index (χ4n) is 3.36. The largest absolute Gasteiger partial charge is 0.490 e. The predicted octanol–water partition coefficient (Wildman–Crippen LogP) is 5.04. The maximum absolute atomic E-state index is 12.0. The summed E-state index contributed by atoms with van der Waals surface area (Å²) in [4.78, 5) is 11.4. The normalized spacial score (nSPS) is 13.7. The summed E-state index contributed by atoms with van der Waals surface area (Å²) in [5, 5.41) is 10.2. The van der Waals surface area contributed by atoms with E-state index in [0.717, 1.165) is 11.1 Å². The first-order chi connectivity index (χ1) is 16.8. The van der Waals surface area contributed by atoms with Crippen LogP contribution in [0.15, 0.2) is 36.4 Å². The minimum absolute atomic E-state index is 0.0301. The van der Waals surface area contributed by atoms with Crippen molar-refractivity contribution in [1.29, 1.82) is 0 Å². The summed E-state index contributed by atoms with van der Waals surface area (Å²) in [6, 6.07) is 10.8. The number of hydrogen-bond donors (Lipinski definition) is 1. The zero-order valence-corrected chi connectivity index (χ0v) is 23.7. The molecular formula is C25H31Cl3O7S. The first-order valence-electron chi connectivity index (χ1n) is 11.3. The molecule has 36 heavy (non-hydrogen) atoms. The molecule has 0 saturated carbocycles. The van der Waals surface area contributed by atoms with Crippen LogP contribution in [0.5, 0.6) is 11.5 Å². The van der Waals surface area contributed by atoms with Gasteiger partial charge in [-0.3, -0.25) is 4.79 Å². The molecule has 2 aromatic carbocycles. The van der Waals surface area contributed by atoms with Crippen LogP contribution in [0.4, 0.5) is 0 Å². The van der Waals surface area contributed by atoms with E-state index in [1.54, 1.807) is 24.3 Å². The molecule has 7 nitrogen and oxygen atoms in total. The lowest BCUT2D eigenvalue weighted by atomic mass is 9.78. The van der Waals surface area contributed by atoms with Crippen molar-refractivity contribution in [2.45, 2.75) is 45.3 Å². The number of halogens is 3. The monoisotopic (exact) mass is 580 g/mol. The van der Waals surface area contributed by atoms with Crippen LogP contribution in [0.1, 0.15) is 38.8 Å². The predicted molar refractivity (Wildman–Crippen MR) is 143 cm³/mol. The van der Waals surface area contributed by atoms with Gasteiger partial charge in [-0.25, -0.2) is 8.42 Å². The van der Waals surface area contributed by atoms with Crippen molar-refractivity contribution >= 4 is 50.6 Å². The molecule has 0 aliphatic heterocycles. The third-order valence-corrected chi connectivity index (χ3v) is 8.22. The summed E-state index contributed by atoms with van der Waals surface area (Å²) < 4.78 is 40.3. The number of aliphatic hydroxyl groups excluding tert-OH is 1. The Labute approximate surface area is 227 Å². The number of alkyl halides is 1. The maximum Gasteiger partial charge on any atom is 0.303 e. The Morgan fingerprint density at radius 2 is 1.61 bits per heavy atom. The second-order valence-electron chi connectivity index (χ2n) is 8.78. The molecule has 200 valence electrons. The lowest BCUT2D eigenvalue weighted by Crippen LogP contribution is -2.32. The van der Waals surface area contributed by atoms with Crippen molar-refractivity contribution in [3.63, 3.8) is 0 Å². The quantitative estimate of drug-likeness (QED) is 0.261. The van der Waals surface area contributed by atoms with Crippen LogP contribution in [0.25, 0.3) is 0 Å². The van der Waals surface area contributed by atoms with Gasteiger partial charge in [-0.05, 0) is 35.4 Å². The highest BCUT2D eigenvalue weighted by molar-refractivity contribution is 7.91. The average molecular weight is 582 g/mol. The highest BCUT2D eigenvalue weighted by atomic mass is 35.5. The SMILES string of the molecule is CCS(=O)(=O)C[C@H](COc1ccc(C(C)(C)c2cc(Cl)c(OC[C@@H](O)CCl)c(Cl)c2)cc1)OC(C)=O. The van der Waals surface area contributed by atoms with Gasteiger partial charge in [0, 0.05) is 18.1 Å². The molecule has 0 heterocycles. The molecule has 0 unspecified atom stereocenters. The van der Waals surface area contributed by atoms with Crippen LogP contribution in [-0.2, 0) is 24.8 Å². The minimum atomic E-state index is -3.35. The molecular weight excluding hydrogens is 551 g/mol. The maximum atomic E-state index is 12.0. The molecule has 0 radical (unpaired) electrons. The fourth-order valence-corrected chi connectivity index (χ4v) is 5.01. The molecule has 1 N–H and O–H groups in total. The Hall–Kier alpha value is -1.71. The van der Waals surface area contributed by atoms with Gasteiger partial charge in [0.15, 0.2) is 15.6 Å². The second-order valence-corrected chi connectivity index (χ2v) is 12.3. The van der Waals surface area contributed by atoms with E-state index in [9.17, 15) is 18.3 Å². The average Bonchev–Trinajstić information content (AvgIpc) is 2.81. The number of carbonyl (C=O) groups excluding carboxylic acids is 1. The molecule has 0 aliphatic carbocycles. The van der Waals surface area contributed by atoms with Crippen LogP contribution in [0.3, 0.4) is 0 Å². The lowest BCUT2D eigenvalue weighted by Gasteiger charge is -2.27. The molecule has 2 rings (SSSR count). The van der Waals surface area contributed by atoms with E-state index in [0.29, 0.717) is 15.8 Å². The lowest BCUT2D eigenvalue weighted by molar-refractivity contribution is -0.146. The van der Waals surface area contributed by atoms with E-state index >= 15 is 0 Å². The number of hydrogen-bond acceptors (Lipinski definition) is 7. The number of rotatable bonds is 13. The summed E-state index contributed by atoms with van der Waals surface area (Å²) in [5.41, 5.74) is 1.30. The van der Waals surface area contributed by atoms with Crippen LogP contribution in [0.2, 0.25) is 10.0 Å². The Kier molecular flexibility index (Phi) is 11.2. The Balaban J connectivity index is 2.16. The minimum Gasteiger partial charge on any atom is -0.490 e. The highest BCUT2D eigenvalue weighted by Crippen LogP contribution is 2.40. The number of benzene rings is 2. The standard InChI is InChI=1S/C25H31Cl3O7S/c1-5-36(31,32)15-21(35-16(2)29)14-33-20-8-6-17(7-9-20)25(3,4)18-10-22(27)24(23(28)11-18)34-13-19(30)12-26/h6-11,19,21,30H,5,12-15H2,1-4H3/t19-,21-/m0/s1. The summed E-state index contributed by atoms with van der Waals surface area (Å²) in [6.45, 7) is 6.66. The molecule has 0 bridgehead atoms. The van der Waals surface area contributed by atoms with Crippen LogP contribution < -0.4 is 9.47 Å². The second kappa shape index (κ2) is 13.2. The van der Waals surface area contributed by atoms with Gasteiger partial charge in [0.1, 0.15) is 31.2 Å². The number of aliphatic hydroxyl groups is 1. The van der Waals surface area contributed by atoms with Crippen molar-refractivity contribution in [2.24, 2.45) is 0 Å². The summed E-state index contributed by atoms with van der Waals surface area (Å²) >= 11 is 18.4. The molecule has 0 aromatic heterocycles. The molecule has 11 heteroatoms. The highest BCUT2D eigenvalue weighted by Gasteiger charge is 2.26. The molecule has 0 saturated heterocycles. The van der Waals surface area contributed by atoms with Gasteiger partial charge in [0.2, 0.25) is 0 Å². The van der Waals surface area contributed by atoms with Crippen LogP contribution in [-0.4, -0.2) is 62.3 Å². The topological polar surface area (TPSA) is 99.1 Å². The van der Waals surface area contributed by atoms with Gasteiger partial charge >= 0.3 is 5.97 Å². The van der Waals surface area contributed by atoms with Gasteiger partial charge in [-0.2, -0.15) is 0 Å². The molecule has 0 aliphatic rings. The smallest absolute Gasteiger partial charge is 0.303 e. The third-order valence-electron chi connectivity index (χ3n) is 5.54. The van der Waals surface area contributed by atoms with E-state index < -0.39 is 33.4 Å². The van der Waals surface area contributed by atoms with Crippen molar-refractivity contribution in [3.05, 3.63) is 57.6 Å². The van der Waals surface area contributed by atoms with Gasteiger partial charge in [-0.15, -0.1) is 11.6 Å². The zero-order chi connectivity index (χ0) is 27.1. The number of sulfone groups is 1. The van der Waals surface area contributed by atoms with E-state index in [4.69, 9.17) is 49.0 Å². The van der Waals surface area contributed by atoms with Gasteiger partial charge in [0.25, 0.3) is 0 Å². The van der Waals surface area contributed by atoms with Gasteiger partial charge < -0.3 is 19.3 Å². The molecule has 0 amide bonds. The summed E-state index contributed by atoms with van der Waals surface area (Å²) in [5.74, 6) is -0.124. The van der Waals surface area contributed by atoms with E-state index in [1.807, 2.05) is 26.0 Å². The van der Waals surface area contributed by atoms with Gasteiger partial charge in [0.05, 0.1) is 21.7 Å². The Morgan fingerprint density at radius 3 is 2.11 bits per heavy atom. The summed E-state index contributed by atoms with van der Waals surface area (Å²) in [6.07, 6.45) is -1.74. The first-order valence-corrected chi connectivity index (χ1v) is 14.4. The van der Waals surface area contributed by atoms with E-state index in [1.165, 1.54) is 13.8 Å². The summed E-state index contributed by atoms with van der Waals surface area (Å²) in [7, 11) is -3.35. The molecule has 2 aromatic rings. The van der Waals surface area contributed by atoms with Crippen LogP contribution in [0, 0.1) is 0 Å². The molecule has 2 atom stereocenters. The molecule has 0 spiro atoms. The number of carbonyl (C=O) groups is 1. The van der Waals surface area contributed by atoms with Crippen molar-refractivity contribution in [1.82, 2.24) is 0 Å². The van der Waals surface area contributed by atoms with Crippen LogP contribution >= 0.6 is 34.8 Å². The number of ether oxygens (including phenoxy) is 3. The van der Waals surface area contributed by atoms with E-state index in [2.05, 4.69) is 0 Å². The van der Waals surface area contributed by atoms with Crippen molar-refractivity contribution in [3.8, 4) is 11.5 Å². The Bertz CT molecular complexity index is 1110. The molecule has 0 fully saturated rings. The fraction of sp³-hybridized carbons (Fsp3) is 0.480. The van der Waals surface area contributed by atoms with Crippen molar-refractivity contribution in [2.75, 3.05) is 30.6 Å². The third kappa shape index (κ3) is 8.70. The first kappa shape index (κ1) is 30.5. The number of esters is 1. The van der Waals surface area contributed by atoms with Crippen molar-refractivity contribution < 1.29 is 32.5 Å². The Morgan fingerprint density at radius 1 is 1.03 bits per heavy atom. The zero-order valence-electron chi connectivity index (χ0n) is 20.6. The van der Waals surface area contributed by atoms with Gasteiger partial charge in [-0.1, -0.05) is 56.1 Å².